The van der Waals surface area contributed by atoms with Crippen molar-refractivity contribution in [2.75, 3.05) is 25.5 Å². The van der Waals surface area contributed by atoms with Crippen molar-refractivity contribution in [3.05, 3.63) is 77.4 Å². The average molecular weight is 352 g/mol. The number of anilines is 1. The van der Waals surface area contributed by atoms with Gasteiger partial charge >= 0.3 is 0 Å². The second-order valence-corrected chi connectivity index (χ2v) is 6.83. The van der Waals surface area contributed by atoms with Gasteiger partial charge in [-0.3, -0.25) is 0 Å². The zero-order chi connectivity index (χ0) is 19.0. The molecule has 0 fully saturated rings. The molecule has 0 aromatic heterocycles. The summed E-state index contributed by atoms with van der Waals surface area (Å²) in [6.07, 6.45) is 3.42. The maximum absolute atomic E-state index is 8.88. The van der Waals surface area contributed by atoms with Gasteiger partial charge in [-0.1, -0.05) is 12.1 Å². The molecule has 3 heteroatoms. The lowest BCUT2D eigenvalue weighted by atomic mass is 9.95. The van der Waals surface area contributed by atoms with Crippen LogP contribution in [0.1, 0.15) is 23.6 Å². The van der Waals surface area contributed by atoms with Gasteiger partial charge in [0.05, 0.1) is 17.0 Å². The van der Waals surface area contributed by atoms with Crippen molar-refractivity contribution in [3.63, 3.8) is 0 Å². The minimum Gasteiger partial charge on any atom is -0.375 e. The molecular formula is C24H22N3+. The van der Waals surface area contributed by atoms with Crippen molar-refractivity contribution >= 4 is 33.9 Å². The largest absolute Gasteiger partial charge is 0.375 e. The van der Waals surface area contributed by atoms with Gasteiger partial charge in [0.25, 0.3) is 0 Å². The van der Waals surface area contributed by atoms with Gasteiger partial charge in [0.1, 0.15) is 7.05 Å². The number of hydrogen-bond acceptors (Lipinski definition) is 2. The number of rotatable bonds is 4. The van der Waals surface area contributed by atoms with Crippen LogP contribution in [-0.2, 0) is 0 Å². The number of hydrogen-bond donors (Lipinski definition) is 0. The van der Waals surface area contributed by atoms with Crippen LogP contribution in [0.15, 0.2) is 60.7 Å². The molecule has 3 aromatic carbocycles. The van der Waals surface area contributed by atoms with Crippen LogP contribution in [0.25, 0.3) is 16.8 Å². The van der Waals surface area contributed by atoms with E-state index in [1.54, 1.807) is 0 Å². The quantitative estimate of drug-likeness (QED) is 0.491. The molecule has 3 nitrogen and oxygen atoms in total. The van der Waals surface area contributed by atoms with Gasteiger partial charge in [-0.15, -0.1) is 0 Å². The first-order valence-corrected chi connectivity index (χ1v) is 9.20. The molecule has 0 bridgehead atoms. The van der Waals surface area contributed by atoms with Gasteiger partial charge in [0.15, 0.2) is 0 Å². The van der Waals surface area contributed by atoms with Crippen molar-refractivity contribution in [1.82, 2.24) is 0 Å². The molecule has 27 heavy (non-hydrogen) atoms. The molecule has 1 aliphatic rings. The molecule has 0 spiro atoms. The fourth-order valence-corrected chi connectivity index (χ4v) is 3.87. The van der Waals surface area contributed by atoms with Crippen molar-refractivity contribution in [2.24, 2.45) is 0 Å². The van der Waals surface area contributed by atoms with Crippen molar-refractivity contribution < 1.29 is 4.58 Å². The molecule has 0 saturated carbocycles. The summed E-state index contributed by atoms with van der Waals surface area (Å²) in [6, 6.07) is 21.5. The molecule has 1 heterocycles. The zero-order valence-electron chi connectivity index (χ0n) is 15.9. The third-order valence-electron chi connectivity index (χ3n) is 5.40. The number of nitrogens with zero attached hydrogens (tertiary/aromatic N) is 3. The summed E-state index contributed by atoms with van der Waals surface area (Å²) in [4.78, 5) is 2.23. The van der Waals surface area contributed by atoms with Gasteiger partial charge in [0, 0.05) is 37.0 Å². The standard InChI is InChI=1S/C24H22N3/c1-4-26(2)19-13-10-18(11-14-19)24-21-9-5-8-20-17(7-6-16-25)12-15-22(23(20)21)27(24)3/h5-15H,4H2,1-3H3/q+1/b7-6+. The van der Waals surface area contributed by atoms with Gasteiger partial charge in [-0.25, -0.2) is 0 Å². The molecule has 3 aromatic rings. The van der Waals surface area contributed by atoms with Crippen molar-refractivity contribution in [3.8, 4) is 6.07 Å². The Kier molecular flexibility index (Phi) is 4.25. The molecule has 0 unspecified atom stereocenters. The van der Waals surface area contributed by atoms with Crippen LogP contribution < -0.4 is 4.90 Å². The lowest BCUT2D eigenvalue weighted by Crippen LogP contribution is -2.16. The maximum Gasteiger partial charge on any atom is 0.220 e. The van der Waals surface area contributed by atoms with Crippen LogP contribution >= 0.6 is 0 Å². The second kappa shape index (κ2) is 6.74. The molecular weight excluding hydrogens is 330 g/mol. The summed E-state index contributed by atoms with van der Waals surface area (Å²) in [7, 11) is 4.23. The Morgan fingerprint density at radius 1 is 1.07 bits per heavy atom. The fraction of sp³-hybridized carbons (Fsp3) is 0.167. The fourth-order valence-electron chi connectivity index (χ4n) is 3.87. The first kappa shape index (κ1) is 17.1. The minimum absolute atomic E-state index is 0.986. The Hall–Kier alpha value is -3.38. The first-order chi connectivity index (χ1) is 13.2. The zero-order valence-corrected chi connectivity index (χ0v) is 15.9. The second-order valence-electron chi connectivity index (χ2n) is 6.83. The predicted octanol–water partition coefficient (Wildman–Crippen LogP) is 4.96. The molecule has 0 amide bonds. The Bertz CT molecular complexity index is 1130. The Balaban J connectivity index is 1.87. The number of allylic oxidation sites excluding steroid dienone is 1. The van der Waals surface area contributed by atoms with Crippen molar-refractivity contribution in [1.29, 1.82) is 5.26 Å². The topological polar surface area (TPSA) is 30.0 Å². The van der Waals surface area contributed by atoms with E-state index >= 15 is 0 Å². The third-order valence-corrected chi connectivity index (χ3v) is 5.40. The van der Waals surface area contributed by atoms with Gasteiger partial charge in [0.2, 0.25) is 11.4 Å². The van der Waals surface area contributed by atoms with Gasteiger partial charge < -0.3 is 4.90 Å². The van der Waals surface area contributed by atoms with Crippen LogP contribution in [0, 0.1) is 11.3 Å². The molecule has 0 saturated heterocycles. The Morgan fingerprint density at radius 2 is 1.85 bits per heavy atom. The SMILES string of the molecule is CCN(C)c1ccc(C2=[N+](C)c3ccc(/C=C/C#N)c4cccc2c34)cc1. The third kappa shape index (κ3) is 2.71. The van der Waals surface area contributed by atoms with E-state index in [4.69, 9.17) is 5.26 Å². The van der Waals surface area contributed by atoms with Gasteiger partial charge in [-0.05, 0) is 60.3 Å². The van der Waals surface area contributed by atoms with E-state index in [2.05, 4.69) is 91.2 Å². The Labute approximate surface area is 160 Å². The summed E-state index contributed by atoms with van der Waals surface area (Å²) in [5.74, 6) is 0. The molecule has 0 radical (unpaired) electrons. The highest BCUT2D eigenvalue weighted by Crippen LogP contribution is 2.38. The average Bonchev–Trinajstić information content (AvgIpc) is 3.00. The first-order valence-electron chi connectivity index (χ1n) is 9.20. The van der Waals surface area contributed by atoms with E-state index in [1.807, 2.05) is 6.08 Å². The molecule has 0 N–H and O–H groups in total. The number of benzene rings is 3. The van der Waals surface area contributed by atoms with Crippen molar-refractivity contribution in [2.45, 2.75) is 6.92 Å². The molecule has 1 aliphatic heterocycles. The minimum atomic E-state index is 0.986. The molecule has 0 atom stereocenters. The molecule has 4 rings (SSSR count). The van der Waals surface area contributed by atoms with E-state index < -0.39 is 0 Å². The van der Waals surface area contributed by atoms with Crippen LogP contribution in [0.2, 0.25) is 0 Å². The smallest absolute Gasteiger partial charge is 0.220 e. The van der Waals surface area contributed by atoms with Crippen LogP contribution in [0.4, 0.5) is 11.4 Å². The highest BCUT2D eigenvalue weighted by atomic mass is 15.1. The van der Waals surface area contributed by atoms with Crippen LogP contribution in [-0.4, -0.2) is 30.9 Å². The van der Waals surface area contributed by atoms with E-state index in [0.717, 1.165) is 12.1 Å². The molecule has 0 aliphatic carbocycles. The lowest BCUT2D eigenvalue weighted by Gasteiger charge is -2.16. The summed E-state index contributed by atoms with van der Waals surface area (Å²) in [6.45, 7) is 3.14. The normalized spacial score (nSPS) is 12.8. The van der Waals surface area contributed by atoms with E-state index in [-0.39, 0.29) is 0 Å². The summed E-state index contributed by atoms with van der Waals surface area (Å²) >= 11 is 0. The molecule has 132 valence electrons. The van der Waals surface area contributed by atoms with E-state index in [1.165, 1.54) is 45.1 Å². The predicted molar refractivity (Wildman–Crippen MR) is 113 cm³/mol. The van der Waals surface area contributed by atoms with Gasteiger partial charge in [-0.2, -0.15) is 9.84 Å². The monoisotopic (exact) mass is 352 g/mol. The Morgan fingerprint density at radius 3 is 2.56 bits per heavy atom. The number of nitriles is 1. The van der Waals surface area contributed by atoms with E-state index in [0.29, 0.717) is 0 Å². The van der Waals surface area contributed by atoms with Crippen LogP contribution in [0.5, 0.6) is 0 Å². The summed E-state index contributed by atoms with van der Waals surface area (Å²) in [5, 5.41) is 11.3. The highest BCUT2D eigenvalue weighted by molar-refractivity contribution is 6.22. The van der Waals surface area contributed by atoms with Crippen LogP contribution in [0.3, 0.4) is 0 Å². The maximum atomic E-state index is 8.88. The summed E-state index contributed by atoms with van der Waals surface area (Å²) in [5.41, 5.74) is 7.19. The summed E-state index contributed by atoms with van der Waals surface area (Å²) < 4.78 is 2.27. The van der Waals surface area contributed by atoms with E-state index in [9.17, 15) is 0 Å². The lowest BCUT2D eigenvalue weighted by molar-refractivity contribution is -0.399. The highest BCUT2D eigenvalue weighted by Gasteiger charge is 2.31.